The molecule has 1 aromatic carbocycles. The summed E-state index contributed by atoms with van der Waals surface area (Å²) in [7, 11) is 1.51. The second kappa shape index (κ2) is 6.21. The first kappa shape index (κ1) is 14.1. The fourth-order valence-corrected chi connectivity index (χ4v) is 2.02. The summed E-state index contributed by atoms with van der Waals surface area (Å²) in [5, 5.41) is 5.99. The van der Waals surface area contributed by atoms with Gasteiger partial charge in [-0.25, -0.2) is 0 Å². The van der Waals surface area contributed by atoms with Gasteiger partial charge in [0, 0.05) is 24.1 Å². The minimum atomic E-state index is -0.682. The fourth-order valence-electron chi connectivity index (χ4n) is 2.02. The fraction of sp³-hybridized carbons (Fsp3) is 0.286. The second-order valence-electron chi connectivity index (χ2n) is 4.56. The number of hydrogen-bond donors (Lipinski definition) is 4. The van der Waals surface area contributed by atoms with Gasteiger partial charge < -0.3 is 21.4 Å². The average Bonchev–Trinajstić information content (AvgIpc) is 2.87. The minimum absolute atomic E-state index is 0.0586. The average molecular weight is 274 g/mol. The molecule has 0 radical (unpaired) electrons. The molecule has 1 heterocycles. The molecular formula is C14H18N4O2. The van der Waals surface area contributed by atoms with Gasteiger partial charge in [0.25, 0.3) is 0 Å². The van der Waals surface area contributed by atoms with E-state index in [4.69, 9.17) is 5.73 Å². The first-order valence-corrected chi connectivity index (χ1v) is 6.40. The van der Waals surface area contributed by atoms with Gasteiger partial charge in [-0.3, -0.25) is 9.59 Å². The van der Waals surface area contributed by atoms with Crippen LogP contribution in [0.1, 0.15) is 5.56 Å². The molecular weight excluding hydrogens is 256 g/mol. The molecule has 0 saturated carbocycles. The van der Waals surface area contributed by atoms with E-state index in [0.29, 0.717) is 6.42 Å². The van der Waals surface area contributed by atoms with Gasteiger partial charge in [-0.15, -0.1) is 0 Å². The van der Waals surface area contributed by atoms with Crippen LogP contribution in [0.3, 0.4) is 0 Å². The highest BCUT2D eigenvalue weighted by Gasteiger charge is 2.16. The SMILES string of the molecule is CNC(=O)CNC(=O)[C@@H](N)Cc1c[nH]c2ccccc12. The number of likely N-dealkylation sites (N-methyl/N-ethyl adjacent to an activating group) is 1. The summed E-state index contributed by atoms with van der Waals surface area (Å²) >= 11 is 0. The maximum absolute atomic E-state index is 11.8. The Morgan fingerprint density at radius 1 is 1.35 bits per heavy atom. The lowest BCUT2D eigenvalue weighted by molar-refractivity contribution is -0.126. The standard InChI is InChI=1S/C14H18N4O2/c1-16-13(19)8-18-14(20)11(15)6-9-7-17-12-5-3-2-4-10(9)12/h2-5,7,11,17H,6,8,15H2,1H3,(H,16,19)(H,18,20)/t11-/m0/s1. The monoisotopic (exact) mass is 274 g/mol. The number of benzene rings is 1. The van der Waals surface area contributed by atoms with Crippen LogP contribution < -0.4 is 16.4 Å². The van der Waals surface area contributed by atoms with Crippen LogP contribution in [0.5, 0.6) is 0 Å². The Morgan fingerprint density at radius 2 is 2.10 bits per heavy atom. The van der Waals surface area contributed by atoms with Gasteiger partial charge in [-0.2, -0.15) is 0 Å². The van der Waals surface area contributed by atoms with Crippen molar-refractivity contribution in [2.75, 3.05) is 13.6 Å². The molecule has 6 heteroatoms. The summed E-state index contributed by atoms with van der Waals surface area (Å²) in [5.74, 6) is -0.587. The highest BCUT2D eigenvalue weighted by Crippen LogP contribution is 2.18. The maximum Gasteiger partial charge on any atom is 0.239 e. The summed E-state index contributed by atoms with van der Waals surface area (Å²) in [6.45, 7) is -0.0586. The van der Waals surface area contributed by atoms with Crippen molar-refractivity contribution in [2.24, 2.45) is 5.73 Å². The van der Waals surface area contributed by atoms with E-state index in [1.54, 1.807) is 0 Å². The van der Waals surface area contributed by atoms with Crippen molar-refractivity contribution < 1.29 is 9.59 Å². The van der Waals surface area contributed by atoms with Gasteiger partial charge in [0.1, 0.15) is 0 Å². The van der Waals surface area contributed by atoms with E-state index >= 15 is 0 Å². The van der Waals surface area contributed by atoms with Crippen LogP contribution in [0, 0.1) is 0 Å². The van der Waals surface area contributed by atoms with Gasteiger partial charge >= 0.3 is 0 Å². The molecule has 106 valence electrons. The number of para-hydroxylation sites is 1. The second-order valence-corrected chi connectivity index (χ2v) is 4.56. The van der Waals surface area contributed by atoms with Gasteiger partial charge in [-0.05, 0) is 18.1 Å². The van der Waals surface area contributed by atoms with Crippen molar-refractivity contribution in [1.29, 1.82) is 0 Å². The van der Waals surface area contributed by atoms with Crippen LogP contribution in [0.2, 0.25) is 0 Å². The van der Waals surface area contributed by atoms with Crippen molar-refractivity contribution >= 4 is 22.7 Å². The largest absolute Gasteiger partial charge is 0.361 e. The Balaban J connectivity index is 1.98. The summed E-state index contributed by atoms with van der Waals surface area (Å²) in [5.41, 5.74) is 7.87. The van der Waals surface area contributed by atoms with Gasteiger partial charge in [0.05, 0.1) is 12.6 Å². The van der Waals surface area contributed by atoms with Crippen molar-refractivity contribution in [3.63, 3.8) is 0 Å². The Kier molecular flexibility index (Phi) is 4.37. The first-order chi connectivity index (χ1) is 9.61. The molecule has 2 rings (SSSR count). The van der Waals surface area contributed by atoms with E-state index < -0.39 is 6.04 Å². The molecule has 0 fully saturated rings. The number of hydrogen-bond acceptors (Lipinski definition) is 3. The number of fused-ring (bicyclic) bond motifs is 1. The molecule has 0 bridgehead atoms. The number of carbonyl (C=O) groups is 2. The topological polar surface area (TPSA) is 100 Å². The molecule has 0 aliphatic heterocycles. The van der Waals surface area contributed by atoms with E-state index in [1.807, 2.05) is 30.5 Å². The van der Waals surface area contributed by atoms with Crippen LogP contribution >= 0.6 is 0 Å². The van der Waals surface area contributed by atoms with Gasteiger partial charge in [0.15, 0.2) is 0 Å². The molecule has 20 heavy (non-hydrogen) atoms. The van der Waals surface area contributed by atoms with Gasteiger partial charge in [-0.1, -0.05) is 18.2 Å². The third kappa shape index (κ3) is 3.16. The number of aromatic amines is 1. The third-order valence-corrected chi connectivity index (χ3v) is 3.15. The number of rotatable bonds is 5. The number of H-pyrrole nitrogens is 1. The lowest BCUT2D eigenvalue weighted by Gasteiger charge is -2.11. The molecule has 0 aliphatic rings. The minimum Gasteiger partial charge on any atom is -0.361 e. The Labute approximate surface area is 116 Å². The zero-order chi connectivity index (χ0) is 14.5. The molecule has 5 N–H and O–H groups in total. The summed E-state index contributed by atoms with van der Waals surface area (Å²) < 4.78 is 0. The number of amides is 2. The van der Waals surface area contributed by atoms with Crippen molar-refractivity contribution in [1.82, 2.24) is 15.6 Å². The molecule has 0 unspecified atom stereocenters. The Bertz CT molecular complexity index is 620. The van der Waals surface area contributed by atoms with E-state index in [-0.39, 0.29) is 18.4 Å². The van der Waals surface area contributed by atoms with Crippen LogP contribution in [0.15, 0.2) is 30.5 Å². The molecule has 1 atom stereocenters. The smallest absolute Gasteiger partial charge is 0.239 e. The van der Waals surface area contributed by atoms with Crippen LogP contribution in [-0.2, 0) is 16.0 Å². The molecule has 0 saturated heterocycles. The van der Waals surface area contributed by atoms with E-state index in [0.717, 1.165) is 16.5 Å². The highest BCUT2D eigenvalue weighted by atomic mass is 16.2. The molecule has 6 nitrogen and oxygen atoms in total. The van der Waals surface area contributed by atoms with E-state index in [9.17, 15) is 9.59 Å². The lowest BCUT2D eigenvalue weighted by atomic mass is 10.1. The number of carbonyl (C=O) groups excluding carboxylic acids is 2. The molecule has 2 aromatic rings. The van der Waals surface area contributed by atoms with Crippen LogP contribution in [0.25, 0.3) is 10.9 Å². The molecule has 1 aromatic heterocycles. The summed E-state index contributed by atoms with van der Waals surface area (Å²) in [6.07, 6.45) is 2.28. The zero-order valence-electron chi connectivity index (χ0n) is 11.3. The quantitative estimate of drug-likeness (QED) is 0.612. The van der Waals surface area contributed by atoms with E-state index in [1.165, 1.54) is 7.05 Å². The Morgan fingerprint density at radius 3 is 2.85 bits per heavy atom. The number of aromatic nitrogens is 1. The lowest BCUT2D eigenvalue weighted by Crippen LogP contribution is -2.45. The molecule has 0 aliphatic carbocycles. The number of nitrogens with one attached hydrogen (secondary N) is 3. The first-order valence-electron chi connectivity index (χ1n) is 6.40. The molecule has 2 amide bonds. The zero-order valence-corrected chi connectivity index (χ0v) is 11.3. The summed E-state index contributed by atoms with van der Waals surface area (Å²) in [4.78, 5) is 26.0. The van der Waals surface area contributed by atoms with Crippen molar-refractivity contribution in [3.05, 3.63) is 36.0 Å². The summed E-state index contributed by atoms with van der Waals surface area (Å²) in [6, 6.07) is 7.15. The normalized spacial score (nSPS) is 12.1. The van der Waals surface area contributed by atoms with Crippen molar-refractivity contribution in [2.45, 2.75) is 12.5 Å². The Hall–Kier alpha value is -2.34. The van der Waals surface area contributed by atoms with Crippen LogP contribution in [0.4, 0.5) is 0 Å². The van der Waals surface area contributed by atoms with Gasteiger partial charge in [0.2, 0.25) is 11.8 Å². The maximum atomic E-state index is 11.8. The van der Waals surface area contributed by atoms with Crippen molar-refractivity contribution in [3.8, 4) is 0 Å². The third-order valence-electron chi connectivity index (χ3n) is 3.15. The predicted molar refractivity (Wildman–Crippen MR) is 77.1 cm³/mol. The predicted octanol–water partition coefficient (Wildman–Crippen LogP) is -0.100. The van der Waals surface area contributed by atoms with Crippen LogP contribution in [-0.4, -0.2) is 36.4 Å². The molecule has 0 spiro atoms. The highest BCUT2D eigenvalue weighted by molar-refractivity contribution is 5.88. The van der Waals surface area contributed by atoms with E-state index in [2.05, 4.69) is 15.6 Å². The number of nitrogens with two attached hydrogens (primary N) is 1.